The van der Waals surface area contributed by atoms with Crippen LogP contribution < -0.4 is 16.2 Å². The maximum atomic E-state index is 12.9. The van der Waals surface area contributed by atoms with E-state index in [1.54, 1.807) is 60.6 Å². The first-order valence-corrected chi connectivity index (χ1v) is 16.3. The summed E-state index contributed by atoms with van der Waals surface area (Å²) in [4.78, 5) is 32.2. The Bertz CT molecular complexity index is 2310. The number of terminal acetylenes is 4. The molecule has 0 atom stereocenters. The molecule has 12 N–H and O–H groups in total. The number of benzene rings is 3. The molecule has 0 unspecified atom stereocenters. The van der Waals surface area contributed by atoms with Crippen molar-refractivity contribution in [2.24, 2.45) is 0 Å². The lowest BCUT2D eigenvalue weighted by Crippen LogP contribution is -2.72. The highest BCUT2D eigenvalue weighted by atomic mass is 35.5. The van der Waals surface area contributed by atoms with Gasteiger partial charge in [-0.25, -0.2) is 16.8 Å². The predicted molar refractivity (Wildman–Crippen MR) is 192 cm³/mol. The van der Waals surface area contributed by atoms with Gasteiger partial charge in [0, 0.05) is 61.0 Å². The summed E-state index contributed by atoms with van der Waals surface area (Å²) in [6.07, 6.45) is 20.4. The molecule has 0 bridgehead atoms. The molecule has 0 saturated heterocycles. The van der Waals surface area contributed by atoms with Crippen molar-refractivity contribution >= 4 is 87.0 Å². The van der Waals surface area contributed by atoms with Crippen LogP contribution in [0.5, 0.6) is 0 Å². The van der Waals surface area contributed by atoms with E-state index in [2.05, 4.69) is 22.1 Å². The maximum absolute atomic E-state index is 12.9. The molecule has 0 saturated carbocycles. The van der Waals surface area contributed by atoms with Gasteiger partial charge in [0.1, 0.15) is 12.1 Å². The molecule has 0 amide bonds. The van der Waals surface area contributed by atoms with Gasteiger partial charge >= 0.3 is 0 Å². The van der Waals surface area contributed by atoms with Crippen LogP contribution in [0.1, 0.15) is 0 Å². The van der Waals surface area contributed by atoms with Gasteiger partial charge in [-0.2, -0.15) is 9.62 Å². The molecule has 0 radical (unpaired) electrons. The lowest BCUT2D eigenvalue weighted by Gasteiger charge is -2.07. The molecule has 19 heteroatoms. The number of fused-ring (bicyclic) bond motifs is 4. The molecular weight excluding hydrogens is 727 g/mol. The lowest BCUT2D eigenvalue weighted by atomic mass is 10.1. The van der Waals surface area contributed by atoms with Crippen molar-refractivity contribution in [3.8, 4) is 49.9 Å². The van der Waals surface area contributed by atoms with Crippen LogP contribution in [-0.2, 0) is 20.1 Å². The third-order valence-corrected chi connectivity index (χ3v) is 6.72. The second kappa shape index (κ2) is 20.3. The topological polar surface area (TPSA) is 303 Å². The van der Waals surface area contributed by atoms with Gasteiger partial charge in [0.15, 0.2) is 10.9 Å². The molecule has 0 aliphatic rings. The van der Waals surface area contributed by atoms with Gasteiger partial charge < -0.3 is 36.4 Å². The van der Waals surface area contributed by atoms with Crippen LogP contribution in [0.15, 0.2) is 58.1 Å². The molecule has 0 fully saturated rings. The Morgan fingerprint density at radius 2 is 0.959 bits per heavy atom. The van der Waals surface area contributed by atoms with Crippen molar-refractivity contribution in [2.75, 3.05) is 12.5 Å². The number of sulfonamides is 1. The summed E-state index contributed by atoms with van der Waals surface area (Å²) in [5.74, 6) is 0. The molecule has 2 heterocycles. The van der Waals surface area contributed by atoms with Crippen LogP contribution in [0, 0.1) is 49.9 Å². The average molecular weight is 758 g/mol. The van der Waals surface area contributed by atoms with E-state index in [4.69, 9.17) is 61.9 Å². The van der Waals surface area contributed by atoms with Crippen molar-refractivity contribution < 1.29 is 48.6 Å². The van der Waals surface area contributed by atoms with E-state index in [0.717, 1.165) is 6.26 Å². The third-order valence-electron chi connectivity index (χ3n) is 5.37. The molecule has 49 heavy (non-hydrogen) atoms. The Labute approximate surface area is 290 Å². The summed E-state index contributed by atoms with van der Waals surface area (Å²) in [7, 11) is -7.32. The third kappa shape index (κ3) is 13.5. The fourth-order valence-electron chi connectivity index (χ4n) is 3.67. The van der Waals surface area contributed by atoms with Crippen LogP contribution >= 0.6 is 23.2 Å². The minimum Gasteiger partial charge on any atom is -0.748 e. The highest BCUT2D eigenvalue weighted by molar-refractivity contribution is 7.88. The number of pyridine rings is 2. The highest BCUT2D eigenvalue weighted by Gasteiger charge is 2.12. The van der Waals surface area contributed by atoms with Gasteiger partial charge in [-0.05, 0) is 48.5 Å². The highest BCUT2D eigenvalue weighted by Crippen LogP contribution is 2.24. The van der Waals surface area contributed by atoms with Crippen molar-refractivity contribution in [2.45, 2.75) is 0 Å². The van der Waals surface area contributed by atoms with Crippen LogP contribution in [0.3, 0.4) is 0 Å². The number of hydrogen-bond acceptors (Lipinski definition) is 7. The number of nitrogens with two attached hydrogens (primary N) is 1. The number of aromatic nitrogens is 2. The second-order valence-electron chi connectivity index (χ2n) is 8.70. The molecule has 0 aliphatic carbocycles. The smallest absolute Gasteiger partial charge is 0.250 e. The van der Waals surface area contributed by atoms with Gasteiger partial charge in [0.2, 0.25) is 10.0 Å². The zero-order valence-corrected chi connectivity index (χ0v) is 28.5. The second-order valence-corrected chi connectivity index (χ2v) is 12.8. The summed E-state index contributed by atoms with van der Waals surface area (Å²) < 4.78 is 48.6. The average Bonchev–Trinajstić information content (AvgIpc) is 2.94. The number of aromatic amines is 2. The van der Waals surface area contributed by atoms with E-state index < -0.39 is 20.1 Å². The summed E-state index contributed by atoms with van der Waals surface area (Å²) in [6.45, 7) is 0. The predicted octanol–water partition coefficient (Wildman–Crippen LogP) is -0.994. The first-order valence-electron chi connectivity index (χ1n) is 11.9. The lowest BCUT2D eigenvalue weighted by molar-refractivity contribution is -0.467. The van der Waals surface area contributed by atoms with Crippen molar-refractivity contribution in [3.05, 3.63) is 79.0 Å². The van der Waals surface area contributed by atoms with Crippen LogP contribution in [0.2, 0.25) is 10.0 Å². The SMILES string of the molecule is C#CN(C#C)S(C)(=O)=O.C#C[NH2+]C#C.CS(=O)(=O)[O-].O.O.O.O.O=c1c2cc(Cl)ccc2[nH]c2cc3c(=O)c4cc(Cl)ccc4[nH]c3cc12. The molecule has 3 aromatic carbocycles. The normalized spacial score (nSPS) is 9.57. The van der Waals surface area contributed by atoms with E-state index in [1.807, 2.05) is 0 Å². The van der Waals surface area contributed by atoms with E-state index >= 15 is 0 Å². The van der Waals surface area contributed by atoms with Crippen molar-refractivity contribution in [3.63, 3.8) is 0 Å². The van der Waals surface area contributed by atoms with Crippen molar-refractivity contribution in [1.29, 1.82) is 0 Å². The largest absolute Gasteiger partial charge is 0.748 e. The number of hydrogen-bond donors (Lipinski definition) is 3. The number of nitrogens with zero attached hydrogens (tertiary/aromatic N) is 1. The molecule has 5 aromatic rings. The fourth-order valence-corrected chi connectivity index (χ4v) is 4.39. The van der Waals surface area contributed by atoms with E-state index in [9.17, 15) is 18.0 Å². The zero-order valence-electron chi connectivity index (χ0n) is 25.4. The molecular formula is C30H30Cl2N4O11S2. The van der Waals surface area contributed by atoms with Crippen LogP contribution in [0.4, 0.5) is 0 Å². The standard InChI is InChI=1S/C20H10Cl2N2O2.C5H5NO2S.C4H3N.CH4O3S.4H2O/c21-9-1-3-15-11(5-9)19(25)13-8-18-14(7-17(13)23-15)20(26)12-6-10(22)2-4-16(12)24-18;1-4-6(5-2)9(3,7)8;1-3-5-4-2;1-5(2,3)4;;;;/h1-8H,(H,23,25)(H,24,26);1-2H,3H3;1-2,5H;1H3,(H,2,3,4);4*1H2. The summed E-state index contributed by atoms with van der Waals surface area (Å²) in [5, 5.41) is 4.32. The number of nitrogens with one attached hydrogen (secondary N) is 2. The van der Waals surface area contributed by atoms with Gasteiger partial charge in [0.05, 0.1) is 27.4 Å². The number of halogens is 2. The van der Waals surface area contributed by atoms with E-state index in [0.29, 0.717) is 64.2 Å². The first kappa shape index (κ1) is 48.3. The zero-order chi connectivity index (χ0) is 34.1. The minimum atomic E-state index is -3.92. The van der Waals surface area contributed by atoms with Gasteiger partial charge in [-0.1, -0.05) is 48.9 Å². The molecule has 2 aromatic heterocycles. The van der Waals surface area contributed by atoms with Gasteiger partial charge in [-0.3, -0.25) is 9.59 Å². The Balaban J connectivity index is -0.000000776. The van der Waals surface area contributed by atoms with Crippen LogP contribution in [-0.4, -0.2) is 70.1 Å². The monoisotopic (exact) mass is 756 g/mol. The number of quaternary nitrogens is 1. The van der Waals surface area contributed by atoms with E-state index in [1.165, 1.54) is 5.32 Å². The Hall–Kier alpha value is -5.12. The quantitative estimate of drug-likeness (QED) is 0.0829. The Morgan fingerprint density at radius 3 is 1.18 bits per heavy atom. The Morgan fingerprint density at radius 1 is 0.653 bits per heavy atom. The number of H-pyrrole nitrogens is 2. The first-order chi connectivity index (χ1) is 20.9. The van der Waals surface area contributed by atoms with Crippen molar-refractivity contribution in [1.82, 2.24) is 14.3 Å². The summed E-state index contributed by atoms with van der Waals surface area (Å²) in [5.41, 5.74) is 2.29. The molecule has 0 aliphatic heterocycles. The molecule has 262 valence electrons. The molecule has 0 spiro atoms. The maximum Gasteiger partial charge on any atom is 0.250 e. The Kier molecular flexibility index (Phi) is 20.0. The molecule has 15 nitrogen and oxygen atoms in total. The molecule has 5 rings (SSSR count). The van der Waals surface area contributed by atoms with Gasteiger partial charge in [0.25, 0.3) is 0 Å². The number of rotatable bonds is 1. The van der Waals surface area contributed by atoms with Crippen LogP contribution in [0.25, 0.3) is 43.6 Å². The van der Waals surface area contributed by atoms with E-state index in [-0.39, 0.29) is 32.8 Å². The summed E-state index contributed by atoms with van der Waals surface area (Å²) >= 11 is 12.0. The fraction of sp³-hybridized carbons (Fsp3) is 0.0667. The minimum absolute atomic E-state index is 0. The summed E-state index contributed by atoms with van der Waals surface area (Å²) in [6, 6.07) is 21.6. The van der Waals surface area contributed by atoms with Gasteiger partial charge in [-0.15, -0.1) is 0 Å².